The molecule has 1 unspecified atom stereocenters. The Bertz CT molecular complexity index is 533. The molecule has 1 saturated carbocycles. The van der Waals surface area contributed by atoms with Crippen LogP contribution in [0.1, 0.15) is 42.2 Å². The SMILES string of the molecule is NC(=O)CCC(NC(=O)c1cccn1C1CC1)C(=O)O. The summed E-state index contributed by atoms with van der Waals surface area (Å²) >= 11 is 0. The van der Waals surface area contributed by atoms with Crippen LogP contribution in [0.5, 0.6) is 0 Å². The van der Waals surface area contributed by atoms with Gasteiger partial charge in [-0.05, 0) is 31.4 Å². The van der Waals surface area contributed by atoms with Crippen LogP contribution >= 0.6 is 0 Å². The largest absolute Gasteiger partial charge is 0.480 e. The number of carbonyl (C=O) groups is 3. The summed E-state index contributed by atoms with van der Waals surface area (Å²) in [5.41, 5.74) is 5.43. The van der Waals surface area contributed by atoms with Crippen molar-refractivity contribution < 1.29 is 19.5 Å². The third-order valence-corrected chi connectivity index (χ3v) is 3.23. The molecule has 2 amide bonds. The lowest BCUT2D eigenvalue weighted by atomic mass is 10.1. The summed E-state index contributed by atoms with van der Waals surface area (Å²) in [5, 5.41) is 11.5. The summed E-state index contributed by atoms with van der Waals surface area (Å²) in [6.45, 7) is 0. The molecule has 1 fully saturated rings. The maximum absolute atomic E-state index is 12.1. The van der Waals surface area contributed by atoms with Crippen LogP contribution in [-0.4, -0.2) is 33.5 Å². The van der Waals surface area contributed by atoms with E-state index in [0.717, 1.165) is 12.8 Å². The minimum Gasteiger partial charge on any atom is -0.480 e. The summed E-state index contributed by atoms with van der Waals surface area (Å²) in [4.78, 5) is 33.9. The second kappa shape index (κ2) is 5.77. The van der Waals surface area contributed by atoms with Crippen molar-refractivity contribution in [2.75, 3.05) is 0 Å². The summed E-state index contributed by atoms with van der Waals surface area (Å²) in [5.74, 6) is -2.21. The second-order valence-corrected chi connectivity index (χ2v) is 4.90. The van der Waals surface area contributed by atoms with Gasteiger partial charge in [0, 0.05) is 18.7 Å². The molecule has 7 nitrogen and oxygen atoms in total. The lowest BCUT2D eigenvalue weighted by Crippen LogP contribution is -2.42. The topological polar surface area (TPSA) is 114 Å². The monoisotopic (exact) mass is 279 g/mol. The summed E-state index contributed by atoms with van der Waals surface area (Å²) < 4.78 is 1.85. The van der Waals surface area contributed by atoms with Crippen LogP contribution < -0.4 is 11.1 Å². The first-order valence-corrected chi connectivity index (χ1v) is 6.48. The lowest BCUT2D eigenvalue weighted by molar-refractivity contribution is -0.139. The van der Waals surface area contributed by atoms with E-state index in [1.54, 1.807) is 12.1 Å². The van der Waals surface area contributed by atoms with Crippen LogP contribution in [0.25, 0.3) is 0 Å². The predicted octanol–water partition coefficient (Wildman–Crippen LogP) is 0.271. The van der Waals surface area contributed by atoms with Gasteiger partial charge in [0.15, 0.2) is 0 Å². The van der Waals surface area contributed by atoms with Gasteiger partial charge in [0.1, 0.15) is 11.7 Å². The number of hydrogen-bond donors (Lipinski definition) is 3. The minimum absolute atomic E-state index is 0.0133. The zero-order valence-electron chi connectivity index (χ0n) is 10.9. The fraction of sp³-hybridized carbons (Fsp3) is 0.462. The van der Waals surface area contributed by atoms with Crippen molar-refractivity contribution in [2.45, 2.75) is 37.8 Å². The molecule has 1 atom stereocenters. The van der Waals surface area contributed by atoms with E-state index in [9.17, 15) is 14.4 Å². The maximum atomic E-state index is 12.1. The zero-order valence-corrected chi connectivity index (χ0v) is 10.9. The highest BCUT2D eigenvalue weighted by Crippen LogP contribution is 2.35. The van der Waals surface area contributed by atoms with Gasteiger partial charge in [-0.15, -0.1) is 0 Å². The van der Waals surface area contributed by atoms with Gasteiger partial charge in [0.05, 0.1) is 0 Å². The Morgan fingerprint density at radius 2 is 2.15 bits per heavy atom. The first-order chi connectivity index (χ1) is 9.49. The highest BCUT2D eigenvalue weighted by molar-refractivity contribution is 5.95. The molecule has 1 aromatic heterocycles. The van der Waals surface area contributed by atoms with E-state index in [2.05, 4.69) is 5.32 Å². The third kappa shape index (κ3) is 3.37. The van der Waals surface area contributed by atoms with Gasteiger partial charge >= 0.3 is 5.97 Å². The molecule has 2 rings (SSSR count). The van der Waals surface area contributed by atoms with Gasteiger partial charge in [0.25, 0.3) is 5.91 Å². The molecule has 1 aliphatic rings. The molecule has 0 saturated heterocycles. The first-order valence-electron chi connectivity index (χ1n) is 6.48. The Balaban J connectivity index is 2.01. The van der Waals surface area contributed by atoms with E-state index in [1.807, 2.05) is 10.8 Å². The van der Waals surface area contributed by atoms with Crippen LogP contribution in [0, 0.1) is 0 Å². The van der Waals surface area contributed by atoms with E-state index in [0.29, 0.717) is 11.7 Å². The van der Waals surface area contributed by atoms with Gasteiger partial charge in [-0.2, -0.15) is 0 Å². The summed E-state index contributed by atoms with van der Waals surface area (Å²) in [7, 11) is 0. The first kappa shape index (κ1) is 14.1. The van der Waals surface area contributed by atoms with Crippen molar-refractivity contribution in [3.8, 4) is 0 Å². The van der Waals surface area contributed by atoms with Gasteiger partial charge < -0.3 is 20.7 Å². The number of nitrogens with two attached hydrogens (primary N) is 1. The van der Waals surface area contributed by atoms with Crippen molar-refractivity contribution in [3.63, 3.8) is 0 Å². The average molecular weight is 279 g/mol. The zero-order chi connectivity index (χ0) is 14.7. The maximum Gasteiger partial charge on any atom is 0.326 e. The number of carboxylic acids is 1. The van der Waals surface area contributed by atoms with Crippen molar-refractivity contribution in [2.24, 2.45) is 5.73 Å². The Kier molecular flexibility index (Phi) is 4.07. The second-order valence-electron chi connectivity index (χ2n) is 4.90. The molecule has 0 bridgehead atoms. The molecule has 1 aliphatic carbocycles. The number of nitrogens with one attached hydrogen (secondary N) is 1. The van der Waals surface area contributed by atoms with E-state index in [1.165, 1.54) is 0 Å². The Morgan fingerprint density at radius 1 is 1.45 bits per heavy atom. The molecule has 0 radical (unpaired) electrons. The van der Waals surface area contributed by atoms with Crippen molar-refractivity contribution >= 4 is 17.8 Å². The number of primary amides is 1. The van der Waals surface area contributed by atoms with Crippen LogP contribution in [-0.2, 0) is 9.59 Å². The highest BCUT2D eigenvalue weighted by atomic mass is 16.4. The quantitative estimate of drug-likeness (QED) is 0.664. The Morgan fingerprint density at radius 3 is 2.70 bits per heavy atom. The molecule has 0 aliphatic heterocycles. The van der Waals surface area contributed by atoms with Crippen LogP contribution in [0.4, 0.5) is 0 Å². The molecule has 0 spiro atoms. The molecule has 20 heavy (non-hydrogen) atoms. The highest BCUT2D eigenvalue weighted by Gasteiger charge is 2.28. The summed E-state index contributed by atoms with van der Waals surface area (Å²) in [6.07, 6.45) is 3.77. The van der Waals surface area contributed by atoms with Gasteiger partial charge in [-0.3, -0.25) is 9.59 Å². The minimum atomic E-state index is -1.18. The fourth-order valence-corrected chi connectivity index (χ4v) is 2.03. The average Bonchev–Trinajstić information content (AvgIpc) is 3.11. The van der Waals surface area contributed by atoms with Crippen LogP contribution in [0.3, 0.4) is 0 Å². The molecule has 4 N–H and O–H groups in total. The number of hydrogen-bond acceptors (Lipinski definition) is 3. The number of aromatic nitrogens is 1. The number of amides is 2. The van der Waals surface area contributed by atoms with Gasteiger partial charge in [0.2, 0.25) is 5.91 Å². The number of rotatable bonds is 7. The lowest BCUT2D eigenvalue weighted by Gasteiger charge is -2.14. The summed E-state index contributed by atoms with van der Waals surface area (Å²) in [6, 6.07) is 2.63. The number of aliphatic carboxylic acids is 1. The molecular formula is C13H17N3O4. The number of carbonyl (C=O) groups excluding carboxylic acids is 2. The fourth-order valence-electron chi connectivity index (χ4n) is 2.03. The van der Waals surface area contributed by atoms with Crippen molar-refractivity contribution in [1.82, 2.24) is 9.88 Å². The molecule has 7 heteroatoms. The van der Waals surface area contributed by atoms with Crippen LogP contribution in [0.2, 0.25) is 0 Å². The molecule has 1 aromatic rings. The normalized spacial score (nSPS) is 15.6. The van der Waals surface area contributed by atoms with E-state index < -0.39 is 23.8 Å². The Labute approximate surface area is 115 Å². The number of nitrogens with zero attached hydrogens (tertiary/aromatic N) is 1. The van der Waals surface area contributed by atoms with Crippen molar-refractivity contribution in [1.29, 1.82) is 0 Å². The smallest absolute Gasteiger partial charge is 0.326 e. The third-order valence-electron chi connectivity index (χ3n) is 3.23. The molecular weight excluding hydrogens is 262 g/mol. The number of carboxylic acid groups (broad SMARTS) is 1. The molecule has 0 aromatic carbocycles. The van der Waals surface area contributed by atoms with Gasteiger partial charge in [-0.1, -0.05) is 0 Å². The van der Waals surface area contributed by atoms with E-state index >= 15 is 0 Å². The van der Waals surface area contributed by atoms with E-state index in [-0.39, 0.29) is 12.8 Å². The standard InChI is InChI=1S/C13H17N3O4/c14-11(17)6-5-9(13(19)20)15-12(18)10-2-1-7-16(10)8-3-4-8/h1-2,7-9H,3-6H2,(H2,14,17)(H,15,18)(H,19,20). The van der Waals surface area contributed by atoms with Crippen LogP contribution in [0.15, 0.2) is 18.3 Å². The molecule has 108 valence electrons. The van der Waals surface area contributed by atoms with E-state index in [4.69, 9.17) is 10.8 Å². The molecule has 1 heterocycles. The Hall–Kier alpha value is -2.31. The van der Waals surface area contributed by atoms with Gasteiger partial charge in [-0.25, -0.2) is 4.79 Å². The predicted molar refractivity (Wildman–Crippen MR) is 70.0 cm³/mol. The van der Waals surface area contributed by atoms with Crippen molar-refractivity contribution in [3.05, 3.63) is 24.0 Å².